The van der Waals surface area contributed by atoms with Crippen LogP contribution in [0.2, 0.25) is 0 Å². The van der Waals surface area contributed by atoms with E-state index in [1.807, 2.05) is 48.5 Å². The maximum Gasteiger partial charge on any atom is 0.269 e. The SMILES string of the molecule is C=C(NNC(=O)c1ccc(Br)cc1)c1ccc2cc(OC)ccc2c1. The van der Waals surface area contributed by atoms with Crippen LogP contribution in [-0.2, 0) is 0 Å². The molecule has 4 nitrogen and oxygen atoms in total. The van der Waals surface area contributed by atoms with Crippen molar-refractivity contribution in [3.63, 3.8) is 0 Å². The van der Waals surface area contributed by atoms with Crippen molar-refractivity contribution >= 4 is 38.3 Å². The standard InChI is InChI=1S/C20H17BrN2O2/c1-13(22-23-20(24)14-5-8-18(21)9-6-14)15-3-4-17-12-19(25-2)10-7-16(17)11-15/h3-12,22H,1H2,2H3,(H,23,24). The molecule has 2 N–H and O–H groups in total. The molecule has 0 unspecified atom stereocenters. The molecule has 126 valence electrons. The highest BCUT2D eigenvalue weighted by atomic mass is 79.9. The number of fused-ring (bicyclic) bond motifs is 1. The second-order valence-electron chi connectivity index (χ2n) is 5.49. The van der Waals surface area contributed by atoms with Crippen molar-refractivity contribution in [3.05, 3.63) is 82.8 Å². The summed E-state index contributed by atoms with van der Waals surface area (Å²) in [6, 6.07) is 19.0. The number of halogens is 1. The van der Waals surface area contributed by atoms with Gasteiger partial charge in [0, 0.05) is 10.0 Å². The predicted molar refractivity (Wildman–Crippen MR) is 104 cm³/mol. The lowest BCUT2D eigenvalue weighted by Gasteiger charge is -2.12. The van der Waals surface area contributed by atoms with Crippen LogP contribution in [0.4, 0.5) is 0 Å². The number of amides is 1. The van der Waals surface area contributed by atoms with Gasteiger partial charge in [0.2, 0.25) is 0 Å². The highest BCUT2D eigenvalue weighted by Crippen LogP contribution is 2.23. The Morgan fingerprint density at radius 3 is 2.28 bits per heavy atom. The van der Waals surface area contributed by atoms with Crippen molar-refractivity contribution in [2.24, 2.45) is 0 Å². The van der Waals surface area contributed by atoms with Gasteiger partial charge < -0.3 is 4.74 Å². The van der Waals surface area contributed by atoms with Crippen LogP contribution in [0.3, 0.4) is 0 Å². The van der Waals surface area contributed by atoms with Crippen molar-refractivity contribution in [2.75, 3.05) is 7.11 Å². The zero-order valence-electron chi connectivity index (χ0n) is 13.7. The van der Waals surface area contributed by atoms with E-state index >= 15 is 0 Å². The molecule has 0 aliphatic rings. The number of carbonyl (C=O) groups excluding carboxylic acids is 1. The number of ether oxygens (including phenoxy) is 1. The normalized spacial score (nSPS) is 10.3. The Labute approximate surface area is 154 Å². The molecule has 0 saturated heterocycles. The third-order valence-electron chi connectivity index (χ3n) is 3.83. The summed E-state index contributed by atoms with van der Waals surface area (Å²) in [4.78, 5) is 12.1. The van der Waals surface area contributed by atoms with Gasteiger partial charge in [0.25, 0.3) is 5.91 Å². The topological polar surface area (TPSA) is 50.4 Å². The molecule has 5 heteroatoms. The molecule has 0 atom stereocenters. The molecule has 0 fully saturated rings. The zero-order chi connectivity index (χ0) is 17.8. The van der Waals surface area contributed by atoms with Gasteiger partial charge in [0.15, 0.2) is 0 Å². The van der Waals surface area contributed by atoms with Crippen LogP contribution in [0.25, 0.3) is 16.5 Å². The summed E-state index contributed by atoms with van der Waals surface area (Å²) in [5, 5.41) is 2.15. The smallest absolute Gasteiger partial charge is 0.269 e. The van der Waals surface area contributed by atoms with Crippen LogP contribution < -0.4 is 15.6 Å². The lowest BCUT2D eigenvalue weighted by molar-refractivity contribution is 0.0942. The van der Waals surface area contributed by atoms with Crippen LogP contribution >= 0.6 is 15.9 Å². The first-order valence-electron chi connectivity index (χ1n) is 7.66. The van der Waals surface area contributed by atoms with Gasteiger partial charge in [-0.2, -0.15) is 0 Å². The molecule has 25 heavy (non-hydrogen) atoms. The van der Waals surface area contributed by atoms with Gasteiger partial charge in [0.1, 0.15) is 5.75 Å². The Bertz CT molecular complexity index is 936. The Morgan fingerprint density at radius 2 is 1.56 bits per heavy atom. The zero-order valence-corrected chi connectivity index (χ0v) is 15.3. The first kappa shape index (κ1) is 17.0. The molecule has 3 aromatic carbocycles. The maximum absolute atomic E-state index is 12.1. The number of methoxy groups -OCH3 is 1. The average Bonchev–Trinajstić information content (AvgIpc) is 2.65. The number of nitrogens with one attached hydrogen (secondary N) is 2. The number of hydrogen-bond acceptors (Lipinski definition) is 3. The van der Waals surface area contributed by atoms with Gasteiger partial charge in [0.05, 0.1) is 12.8 Å². The summed E-state index contributed by atoms with van der Waals surface area (Å²) in [5.74, 6) is 0.595. The summed E-state index contributed by atoms with van der Waals surface area (Å²) in [7, 11) is 1.65. The molecule has 0 aliphatic carbocycles. The Morgan fingerprint density at radius 1 is 0.920 bits per heavy atom. The van der Waals surface area contributed by atoms with Crippen molar-refractivity contribution in [1.29, 1.82) is 0 Å². The van der Waals surface area contributed by atoms with Gasteiger partial charge in [-0.25, -0.2) is 0 Å². The molecule has 0 saturated carbocycles. The fraction of sp³-hybridized carbons (Fsp3) is 0.0500. The fourth-order valence-corrected chi connectivity index (χ4v) is 2.68. The number of rotatable bonds is 5. The second kappa shape index (κ2) is 7.40. The molecule has 0 bridgehead atoms. The average molecular weight is 397 g/mol. The minimum atomic E-state index is -0.223. The lowest BCUT2D eigenvalue weighted by Crippen LogP contribution is -2.35. The van der Waals surface area contributed by atoms with E-state index in [9.17, 15) is 4.79 Å². The minimum Gasteiger partial charge on any atom is -0.497 e. The Balaban J connectivity index is 1.69. The van der Waals surface area contributed by atoms with Gasteiger partial charge >= 0.3 is 0 Å². The summed E-state index contributed by atoms with van der Waals surface area (Å²) in [6.45, 7) is 3.99. The molecule has 0 spiro atoms. The van der Waals surface area contributed by atoms with E-state index < -0.39 is 0 Å². The van der Waals surface area contributed by atoms with Crippen molar-refractivity contribution in [3.8, 4) is 5.75 Å². The van der Waals surface area contributed by atoms with E-state index in [0.717, 1.165) is 26.6 Å². The van der Waals surface area contributed by atoms with Gasteiger partial charge in [-0.05, 0) is 58.8 Å². The predicted octanol–water partition coefficient (Wildman–Crippen LogP) is 4.52. The first-order valence-corrected chi connectivity index (χ1v) is 8.45. The van der Waals surface area contributed by atoms with Crippen LogP contribution in [-0.4, -0.2) is 13.0 Å². The van der Waals surface area contributed by atoms with Crippen molar-refractivity contribution in [2.45, 2.75) is 0 Å². The number of hydrogen-bond donors (Lipinski definition) is 2. The van der Waals surface area contributed by atoms with Crippen molar-refractivity contribution in [1.82, 2.24) is 10.9 Å². The Kier molecular flexibility index (Phi) is 5.05. The summed E-state index contributed by atoms with van der Waals surface area (Å²) in [6.07, 6.45) is 0. The highest BCUT2D eigenvalue weighted by Gasteiger charge is 2.06. The molecule has 3 aromatic rings. The number of carbonyl (C=O) groups is 1. The van der Waals surface area contributed by atoms with Gasteiger partial charge in [-0.1, -0.05) is 40.7 Å². The van der Waals surface area contributed by atoms with Crippen LogP contribution in [0, 0.1) is 0 Å². The van der Waals surface area contributed by atoms with E-state index in [1.54, 1.807) is 19.2 Å². The van der Waals surface area contributed by atoms with E-state index in [-0.39, 0.29) is 5.91 Å². The van der Waals surface area contributed by atoms with E-state index in [4.69, 9.17) is 4.74 Å². The molecule has 0 aromatic heterocycles. The largest absolute Gasteiger partial charge is 0.497 e. The van der Waals surface area contributed by atoms with E-state index in [2.05, 4.69) is 33.4 Å². The van der Waals surface area contributed by atoms with Gasteiger partial charge in [-0.15, -0.1) is 0 Å². The number of hydrazine groups is 1. The molecule has 1 amide bonds. The maximum atomic E-state index is 12.1. The minimum absolute atomic E-state index is 0.223. The van der Waals surface area contributed by atoms with Crippen LogP contribution in [0.5, 0.6) is 5.75 Å². The lowest BCUT2D eigenvalue weighted by atomic mass is 10.1. The van der Waals surface area contributed by atoms with E-state index in [1.165, 1.54) is 0 Å². The van der Waals surface area contributed by atoms with E-state index in [0.29, 0.717) is 11.3 Å². The monoisotopic (exact) mass is 396 g/mol. The molecule has 0 heterocycles. The quantitative estimate of drug-likeness (QED) is 0.623. The second-order valence-corrected chi connectivity index (χ2v) is 6.41. The first-order chi connectivity index (χ1) is 12.1. The Hall–Kier alpha value is -2.79. The fourth-order valence-electron chi connectivity index (χ4n) is 2.42. The highest BCUT2D eigenvalue weighted by molar-refractivity contribution is 9.10. The molecular formula is C20H17BrN2O2. The van der Waals surface area contributed by atoms with Crippen molar-refractivity contribution < 1.29 is 9.53 Å². The van der Waals surface area contributed by atoms with Gasteiger partial charge in [-0.3, -0.25) is 15.6 Å². The third kappa shape index (κ3) is 4.00. The van der Waals surface area contributed by atoms with Crippen LogP contribution in [0.1, 0.15) is 15.9 Å². The summed E-state index contributed by atoms with van der Waals surface area (Å²) < 4.78 is 6.16. The third-order valence-corrected chi connectivity index (χ3v) is 4.36. The van der Waals surface area contributed by atoms with Crippen LogP contribution in [0.15, 0.2) is 71.7 Å². The number of benzene rings is 3. The molecule has 3 rings (SSSR count). The summed E-state index contributed by atoms with van der Waals surface area (Å²) in [5.41, 5.74) is 7.60. The summed E-state index contributed by atoms with van der Waals surface area (Å²) >= 11 is 3.35. The molecular weight excluding hydrogens is 380 g/mol. The molecule has 0 radical (unpaired) electrons. The molecule has 0 aliphatic heterocycles.